The van der Waals surface area contributed by atoms with Gasteiger partial charge in [0.25, 0.3) is 0 Å². The van der Waals surface area contributed by atoms with E-state index in [0.717, 1.165) is 41.9 Å². The normalized spacial score (nSPS) is 11.8. The van der Waals surface area contributed by atoms with E-state index in [4.69, 9.17) is 0 Å². The quantitative estimate of drug-likeness (QED) is 0.121. The van der Waals surface area contributed by atoms with E-state index >= 15 is 0 Å². The second-order valence-corrected chi connectivity index (χ2v) is 22.0. The third-order valence-corrected chi connectivity index (χ3v) is 20.2. The third kappa shape index (κ3) is 5.59. The van der Waals surface area contributed by atoms with Crippen LogP contribution in [0, 0.1) is 0 Å². The van der Waals surface area contributed by atoms with Crippen LogP contribution in [-0.2, 0) is 0 Å². The van der Waals surface area contributed by atoms with Gasteiger partial charge in [0.2, 0.25) is 0 Å². The molecule has 0 bridgehead atoms. The van der Waals surface area contributed by atoms with E-state index in [1.54, 1.807) is 0 Å². The minimum absolute atomic E-state index is 0.142. The van der Waals surface area contributed by atoms with Gasteiger partial charge in [-0.2, -0.15) is 0 Å². The average Bonchev–Trinajstić information content (AvgIpc) is 3.22. The summed E-state index contributed by atoms with van der Waals surface area (Å²) in [4.78, 5) is 28.4. The standard InChI is InChI=1S/C48H38O4Si2/c1-53(35-21-7-3-8-22-35,36-23-9-4-10-24-36)41-31-33-19-15-17-29-39(33)43(45(41)47(49)50)44-40-30-18-16-20-34(40)32-42(46(44)48(51)52)54(2,37-25-11-5-12-26-37)38-27-13-6-14-28-38/h3-32H,1-2H3,(H,49,50)(H,51,52). The maximum atomic E-state index is 14.2. The Morgan fingerprint density at radius 3 is 0.926 bits per heavy atom. The van der Waals surface area contributed by atoms with Gasteiger partial charge in [-0.3, -0.25) is 0 Å². The highest BCUT2D eigenvalue weighted by atomic mass is 28.3. The van der Waals surface area contributed by atoms with Gasteiger partial charge in [0.1, 0.15) is 16.1 Å². The highest BCUT2D eigenvalue weighted by molar-refractivity contribution is 7.12. The van der Waals surface area contributed by atoms with Crippen molar-refractivity contribution in [1.29, 1.82) is 0 Å². The average molecular weight is 735 g/mol. The van der Waals surface area contributed by atoms with Gasteiger partial charge < -0.3 is 10.2 Å². The number of carboxylic acids is 2. The van der Waals surface area contributed by atoms with Crippen molar-refractivity contribution in [1.82, 2.24) is 0 Å². The molecule has 0 saturated carbocycles. The summed E-state index contributed by atoms with van der Waals surface area (Å²) in [6.07, 6.45) is 0. The van der Waals surface area contributed by atoms with Crippen LogP contribution in [0.5, 0.6) is 0 Å². The van der Waals surface area contributed by atoms with Crippen LogP contribution in [0.25, 0.3) is 32.7 Å². The van der Waals surface area contributed by atoms with Gasteiger partial charge in [-0.15, -0.1) is 0 Å². The lowest BCUT2D eigenvalue weighted by Gasteiger charge is -2.34. The van der Waals surface area contributed by atoms with Crippen molar-refractivity contribution < 1.29 is 19.8 Å². The van der Waals surface area contributed by atoms with Crippen LogP contribution in [0.3, 0.4) is 0 Å². The molecule has 0 aliphatic heterocycles. The van der Waals surface area contributed by atoms with Gasteiger partial charge in [0, 0.05) is 11.1 Å². The van der Waals surface area contributed by atoms with Gasteiger partial charge in [-0.25, -0.2) is 9.59 Å². The van der Waals surface area contributed by atoms with E-state index in [1.165, 1.54) is 0 Å². The number of fused-ring (bicyclic) bond motifs is 2. The minimum atomic E-state index is -3.05. The minimum Gasteiger partial charge on any atom is -0.478 e. The highest BCUT2D eigenvalue weighted by Gasteiger charge is 2.42. The summed E-state index contributed by atoms with van der Waals surface area (Å²) in [5.41, 5.74) is 1.16. The molecule has 4 nitrogen and oxygen atoms in total. The summed E-state index contributed by atoms with van der Waals surface area (Å²) in [6, 6.07) is 60.4. The predicted octanol–water partition coefficient (Wildman–Crippen LogP) is 7.26. The number of carboxylic acid groups (broad SMARTS) is 2. The lowest BCUT2D eigenvalue weighted by atomic mass is 9.86. The van der Waals surface area contributed by atoms with E-state index < -0.39 is 28.1 Å². The van der Waals surface area contributed by atoms with Crippen molar-refractivity contribution in [2.24, 2.45) is 0 Å². The molecule has 0 saturated heterocycles. The molecule has 6 heteroatoms. The Bertz CT molecular complexity index is 2410. The van der Waals surface area contributed by atoms with Crippen LogP contribution in [0.4, 0.5) is 0 Å². The Balaban J connectivity index is 1.61. The molecular weight excluding hydrogens is 697 g/mol. The Morgan fingerprint density at radius 1 is 0.389 bits per heavy atom. The number of hydrogen-bond acceptors (Lipinski definition) is 2. The van der Waals surface area contributed by atoms with Crippen molar-refractivity contribution >= 4 is 80.8 Å². The van der Waals surface area contributed by atoms with Gasteiger partial charge in [-0.05, 0) is 52.7 Å². The topological polar surface area (TPSA) is 74.6 Å². The number of hydrogen-bond donors (Lipinski definition) is 2. The molecule has 0 aliphatic carbocycles. The molecule has 0 aliphatic rings. The van der Waals surface area contributed by atoms with Gasteiger partial charge >= 0.3 is 11.9 Å². The smallest absolute Gasteiger partial charge is 0.336 e. The fraction of sp³-hybridized carbons (Fsp3) is 0.0417. The first-order valence-corrected chi connectivity index (χ1v) is 23.1. The number of rotatable bonds is 9. The zero-order valence-corrected chi connectivity index (χ0v) is 32.0. The van der Waals surface area contributed by atoms with Crippen molar-refractivity contribution in [3.05, 3.63) is 193 Å². The molecule has 0 radical (unpaired) electrons. The molecule has 0 fully saturated rings. The first-order chi connectivity index (χ1) is 26.2. The van der Waals surface area contributed by atoms with Crippen LogP contribution in [-0.4, -0.2) is 38.3 Å². The molecule has 0 unspecified atom stereocenters. The van der Waals surface area contributed by atoms with Crippen LogP contribution in [0.2, 0.25) is 13.1 Å². The number of benzene rings is 8. The van der Waals surface area contributed by atoms with E-state index in [9.17, 15) is 19.8 Å². The second-order valence-electron chi connectivity index (χ2n) is 14.1. The van der Waals surface area contributed by atoms with Crippen LogP contribution < -0.4 is 31.1 Å². The van der Waals surface area contributed by atoms with E-state index in [-0.39, 0.29) is 11.1 Å². The summed E-state index contributed by atoms with van der Waals surface area (Å²) in [7, 11) is -6.11. The summed E-state index contributed by atoms with van der Waals surface area (Å²) in [5.74, 6) is -2.18. The molecule has 0 spiro atoms. The summed E-state index contributed by atoms with van der Waals surface area (Å²) in [5, 5.41) is 32.0. The Kier molecular flexibility index (Phi) is 8.94. The van der Waals surface area contributed by atoms with Gasteiger partial charge in [0.15, 0.2) is 0 Å². The molecule has 0 atom stereocenters. The van der Waals surface area contributed by atoms with Crippen molar-refractivity contribution in [3.8, 4) is 11.1 Å². The van der Waals surface area contributed by atoms with Crippen molar-refractivity contribution in [3.63, 3.8) is 0 Å². The third-order valence-electron chi connectivity index (χ3n) is 11.3. The predicted molar refractivity (Wildman–Crippen MR) is 228 cm³/mol. The molecule has 8 rings (SSSR count). The maximum Gasteiger partial charge on any atom is 0.336 e. The lowest BCUT2D eigenvalue weighted by molar-refractivity contribution is 0.0686. The Morgan fingerprint density at radius 2 is 0.648 bits per heavy atom. The molecule has 2 N–H and O–H groups in total. The molecule has 8 aromatic rings. The largest absolute Gasteiger partial charge is 0.478 e. The summed E-state index contributed by atoms with van der Waals surface area (Å²) >= 11 is 0. The second kappa shape index (κ2) is 13.9. The molecule has 8 aromatic carbocycles. The fourth-order valence-corrected chi connectivity index (χ4v) is 16.2. The molecule has 0 aromatic heterocycles. The molecule has 0 amide bonds. The summed E-state index contributed by atoms with van der Waals surface area (Å²) in [6.45, 7) is 4.42. The van der Waals surface area contributed by atoms with Crippen molar-refractivity contribution in [2.45, 2.75) is 13.1 Å². The Hall–Kier alpha value is -6.35. The fourth-order valence-electron chi connectivity index (χ4n) is 8.49. The van der Waals surface area contributed by atoms with E-state index in [0.29, 0.717) is 21.9 Å². The lowest BCUT2D eigenvalue weighted by Crippen LogP contribution is -2.66. The zero-order valence-electron chi connectivity index (χ0n) is 30.0. The monoisotopic (exact) mass is 734 g/mol. The SMILES string of the molecule is C[Si](c1ccccc1)(c1ccccc1)c1cc2ccccc2c(-c2c(C(=O)O)c([Si](C)(c3ccccc3)c3ccccc3)cc3ccccc23)c1C(=O)O. The number of aromatic carboxylic acids is 2. The van der Waals surface area contributed by atoms with E-state index in [1.807, 2.05) is 133 Å². The van der Waals surface area contributed by atoms with E-state index in [2.05, 4.69) is 61.6 Å². The van der Waals surface area contributed by atoms with Gasteiger partial charge in [0.05, 0.1) is 11.1 Å². The number of carbonyl (C=O) groups is 2. The molecule has 0 heterocycles. The van der Waals surface area contributed by atoms with Crippen LogP contribution in [0.15, 0.2) is 182 Å². The molecule has 262 valence electrons. The zero-order chi connectivity index (χ0) is 37.5. The Labute approximate surface area is 316 Å². The van der Waals surface area contributed by atoms with Gasteiger partial charge in [-0.1, -0.05) is 195 Å². The first kappa shape index (κ1) is 34.7. The summed E-state index contributed by atoms with van der Waals surface area (Å²) < 4.78 is 0. The molecule has 54 heavy (non-hydrogen) atoms. The van der Waals surface area contributed by atoms with Crippen molar-refractivity contribution in [2.75, 3.05) is 0 Å². The molecular formula is C48H38O4Si2. The van der Waals surface area contributed by atoms with Crippen LogP contribution >= 0.6 is 0 Å². The highest BCUT2D eigenvalue weighted by Crippen LogP contribution is 2.40. The maximum absolute atomic E-state index is 14.2. The van der Waals surface area contributed by atoms with Crippen LogP contribution in [0.1, 0.15) is 20.7 Å². The first-order valence-electron chi connectivity index (χ1n) is 18.1.